The van der Waals surface area contributed by atoms with Crippen LogP contribution in [0.15, 0.2) is 24.3 Å². The van der Waals surface area contributed by atoms with Crippen LogP contribution in [-0.2, 0) is 16.0 Å². The third-order valence-electron chi connectivity index (χ3n) is 4.97. The largest absolute Gasteiger partial charge is 0.497 e. The molecule has 0 saturated carbocycles. The number of likely N-dealkylation sites (tertiary alicyclic amines) is 2. The Morgan fingerprint density at radius 2 is 1.70 bits per heavy atom. The molecule has 2 heterocycles. The van der Waals surface area contributed by atoms with Crippen molar-refractivity contribution in [1.29, 1.82) is 0 Å². The van der Waals surface area contributed by atoms with Gasteiger partial charge in [-0.25, -0.2) is 4.79 Å². The molecule has 0 atom stereocenters. The number of hydrogen-bond donors (Lipinski definition) is 0. The van der Waals surface area contributed by atoms with Crippen molar-refractivity contribution in [3.05, 3.63) is 29.8 Å². The first-order chi connectivity index (χ1) is 12.8. The minimum atomic E-state index is -0.441. The lowest BCUT2D eigenvalue weighted by Crippen LogP contribution is -2.53. The maximum absolute atomic E-state index is 12.1. The quantitative estimate of drug-likeness (QED) is 0.789. The average Bonchev–Trinajstić information content (AvgIpc) is 2.59. The first-order valence-corrected chi connectivity index (χ1v) is 9.81. The normalized spacial score (nSPS) is 19.6. The molecule has 2 saturated heterocycles. The second kappa shape index (κ2) is 8.48. The predicted octanol–water partition coefficient (Wildman–Crippen LogP) is 3.30. The lowest BCUT2D eigenvalue weighted by Gasteiger charge is -2.42. The van der Waals surface area contributed by atoms with Crippen molar-refractivity contribution in [2.75, 3.05) is 33.3 Å². The van der Waals surface area contributed by atoms with Gasteiger partial charge in [-0.15, -0.1) is 0 Å². The van der Waals surface area contributed by atoms with E-state index >= 15 is 0 Å². The van der Waals surface area contributed by atoms with Crippen molar-refractivity contribution in [1.82, 2.24) is 9.80 Å². The van der Waals surface area contributed by atoms with Crippen LogP contribution >= 0.6 is 0 Å². The molecular formula is C21H32N2O4. The number of nitrogens with zero attached hydrogens (tertiary/aromatic N) is 2. The number of carbonyl (C=O) groups excluding carboxylic acids is 1. The molecule has 0 unspecified atom stereocenters. The van der Waals surface area contributed by atoms with Gasteiger partial charge in [-0.1, -0.05) is 12.1 Å². The molecule has 1 aromatic rings. The van der Waals surface area contributed by atoms with Gasteiger partial charge in [-0.3, -0.25) is 4.90 Å². The Labute approximate surface area is 162 Å². The summed E-state index contributed by atoms with van der Waals surface area (Å²) in [6.07, 6.45) is 2.11. The monoisotopic (exact) mass is 376 g/mol. The molecule has 2 aliphatic rings. The van der Waals surface area contributed by atoms with Crippen LogP contribution in [0.25, 0.3) is 0 Å². The molecule has 0 radical (unpaired) electrons. The van der Waals surface area contributed by atoms with E-state index in [0.717, 1.165) is 38.2 Å². The van der Waals surface area contributed by atoms with Crippen molar-refractivity contribution in [3.8, 4) is 5.75 Å². The fourth-order valence-corrected chi connectivity index (χ4v) is 3.50. The predicted molar refractivity (Wildman–Crippen MR) is 104 cm³/mol. The Morgan fingerprint density at radius 1 is 1.07 bits per heavy atom. The van der Waals surface area contributed by atoms with Gasteiger partial charge in [0.2, 0.25) is 0 Å². The Bertz CT molecular complexity index is 612. The highest BCUT2D eigenvalue weighted by Crippen LogP contribution is 2.23. The number of carbonyl (C=O) groups is 1. The van der Waals surface area contributed by atoms with E-state index in [0.29, 0.717) is 19.2 Å². The van der Waals surface area contributed by atoms with E-state index in [-0.39, 0.29) is 12.2 Å². The number of amides is 1. The fourth-order valence-electron chi connectivity index (χ4n) is 3.50. The number of hydrogen-bond acceptors (Lipinski definition) is 5. The number of benzene rings is 1. The lowest BCUT2D eigenvalue weighted by atomic mass is 10.1. The molecule has 2 fully saturated rings. The van der Waals surface area contributed by atoms with Crippen LogP contribution < -0.4 is 4.74 Å². The summed E-state index contributed by atoms with van der Waals surface area (Å²) in [6.45, 7) is 10.0. The molecule has 0 aromatic heterocycles. The topological polar surface area (TPSA) is 51.2 Å². The first kappa shape index (κ1) is 20.0. The highest BCUT2D eigenvalue weighted by molar-refractivity contribution is 5.68. The van der Waals surface area contributed by atoms with Crippen LogP contribution in [0.5, 0.6) is 5.75 Å². The molecule has 1 amide bonds. The van der Waals surface area contributed by atoms with E-state index in [1.54, 1.807) is 12.0 Å². The van der Waals surface area contributed by atoms with E-state index in [2.05, 4.69) is 17.0 Å². The summed E-state index contributed by atoms with van der Waals surface area (Å²) in [5.41, 5.74) is 0.851. The minimum Gasteiger partial charge on any atom is -0.497 e. The summed E-state index contributed by atoms with van der Waals surface area (Å²) < 4.78 is 16.9. The van der Waals surface area contributed by atoms with Gasteiger partial charge < -0.3 is 19.1 Å². The van der Waals surface area contributed by atoms with Crippen molar-refractivity contribution in [3.63, 3.8) is 0 Å². The number of methoxy groups -OCH3 is 1. The van der Waals surface area contributed by atoms with Crippen LogP contribution in [0, 0.1) is 0 Å². The van der Waals surface area contributed by atoms with E-state index in [1.807, 2.05) is 32.9 Å². The summed E-state index contributed by atoms with van der Waals surface area (Å²) in [5, 5.41) is 0. The van der Waals surface area contributed by atoms with Crippen LogP contribution in [-0.4, -0.2) is 67.0 Å². The van der Waals surface area contributed by atoms with Crippen LogP contribution in [0.1, 0.15) is 39.2 Å². The second-order valence-corrected chi connectivity index (χ2v) is 8.47. The summed E-state index contributed by atoms with van der Waals surface area (Å²) in [7, 11) is 1.68. The summed E-state index contributed by atoms with van der Waals surface area (Å²) in [5.74, 6) is 0.890. The van der Waals surface area contributed by atoms with E-state index in [4.69, 9.17) is 14.2 Å². The number of piperidine rings is 1. The van der Waals surface area contributed by atoms with Gasteiger partial charge in [0.25, 0.3) is 0 Å². The Balaban J connectivity index is 1.33. The van der Waals surface area contributed by atoms with E-state index in [9.17, 15) is 4.79 Å². The molecule has 0 aliphatic carbocycles. The molecule has 6 nitrogen and oxygen atoms in total. The zero-order valence-electron chi connectivity index (χ0n) is 16.9. The Kier molecular flexibility index (Phi) is 6.27. The van der Waals surface area contributed by atoms with Crippen LogP contribution in [0.3, 0.4) is 0 Å². The molecule has 1 aromatic carbocycles. The molecule has 0 bridgehead atoms. The maximum Gasteiger partial charge on any atom is 0.410 e. The van der Waals surface area contributed by atoms with Crippen molar-refractivity contribution >= 4 is 6.09 Å². The van der Waals surface area contributed by atoms with Crippen molar-refractivity contribution in [2.24, 2.45) is 0 Å². The molecular weight excluding hydrogens is 344 g/mol. The van der Waals surface area contributed by atoms with Gasteiger partial charge in [0.15, 0.2) is 0 Å². The van der Waals surface area contributed by atoms with Crippen LogP contribution in [0.4, 0.5) is 4.79 Å². The summed E-state index contributed by atoms with van der Waals surface area (Å²) >= 11 is 0. The molecule has 3 rings (SSSR count). The molecule has 6 heteroatoms. The van der Waals surface area contributed by atoms with Gasteiger partial charge in [-0.2, -0.15) is 0 Å². The minimum absolute atomic E-state index is 0.213. The van der Waals surface area contributed by atoms with E-state index in [1.165, 1.54) is 5.56 Å². The average molecular weight is 376 g/mol. The second-order valence-electron chi connectivity index (χ2n) is 8.47. The maximum atomic E-state index is 12.1. The van der Waals surface area contributed by atoms with Gasteiger partial charge in [0.05, 0.1) is 19.3 Å². The third kappa shape index (κ3) is 5.84. The molecule has 0 spiro atoms. The zero-order chi connectivity index (χ0) is 19.4. The number of ether oxygens (including phenoxy) is 3. The highest BCUT2D eigenvalue weighted by atomic mass is 16.6. The van der Waals surface area contributed by atoms with Crippen LogP contribution in [0.2, 0.25) is 0 Å². The Hall–Kier alpha value is -1.79. The van der Waals surface area contributed by atoms with Gasteiger partial charge >= 0.3 is 6.09 Å². The van der Waals surface area contributed by atoms with E-state index < -0.39 is 5.60 Å². The molecule has 0 N–H and O–H groups in total. The Morgan fingerprint density at radius 3 is 2.26 bits per heavy atom. The standard InChI is InChI=1S/C21H32N2O4/c1-21(2,3)27-20(24)23-11-9-18(10-12-23)26-19-14-22(15-19)13-16-5-7-17(25-4)8-6-16/h5-8,18-19H,9-15H2,1-4H3. The highest BCUT2D eigenvalue weighted by Gasteiger charge is 2.32. The lowest BCUT2D eigenvalue weighted by molar-refractivity contribution is -0.109. The SMILES string of the molecule is COc1ccc(CN2CC(OC3CCN(C(=O)OC(C)(C)C)CC3)C2)cc1. The number of rotatable bonds is 5. The molecule has 150 valence electrons. The third-order valence-corrected chi connectivity index (χ3v) is 4.97. The summed E-state index contributed by atoms with van der Waals surface area (Å²) in [4.78, 5) is 16.3. The van der Waals surface area contributed by atoms with Crippen molar-refractivity contribution < 1.29 is 19.0 Å². The summed E-state index contributed by atoms with van der Waals surface area (Å²) in [6, 6.07) is 8.22. The van der Waals surface area contributed by atoms with Gasteiger partial charge in [0.1, 0.15) is 11.4 Å². The van der Waals surface area contributed by atoms with Gasteiger partial charge in [0, 0.05) is 32.7 Å². The first-order valence-electron chi connectivity index (χ1n) is 9.81. The van der Waals surface area contributed by atoms with Crippen molar-refractivity contribution in [2.45, 2.75) is 58.0 Å². The smallest absolute Gasteiger partial charge is 0.410 e. The fraction of sp³-hybridized carbons (Fsp3) is 0.667. The van der Waals surface area contributed by atoms with Gasteiger partial charge in [-0.05, 0) is 51.3 Å². The molecule has 27 heavy (non-hydrogen) atoms. The molecule has 2 aliphatic heterocycles. The zero-order valence-corrected chi connectivity index (χ0v) is 16.9.